The van der Waals surface area contributed by atoms with Crippen LogP contribution in [0.25, 0.3) is 0 Å². The van der Waals surface area contributed by atoms with Crippen LogP contribution in [0.5, 0.6) is 11.5 Å². The average Bonchev–Trinajstić information content (AvgIpc) is 2.96. The summed E-state index contributed by atoms with van der Waals surface area (Å²) in [7, 11) is -1.62. The number of benzene rings is 1. The molecule has 1 heterocycles. The van der Waals surface area contributed by atoms with Gasteiger partial charge >= 0.3 is 6.03 Å². The first-order chi connectivity index (χ1) is 10.7. The van der Waals surface area contributed by atoms with Crippen LogP contribution in [-0.2, 0) is 16.4 Å². The van der Waals surface area contributed by atoms with Gasteiger partial charge in [0.25, 0.3) is 0 Å². The van der Waals surface area contributed by atoms with Gasteiger partial charge in [0.2, 0.25) is 6.79 Å². The van der Waals surface area contributed by atoms with Crippen LogP contribution in [0.1, 0.15) is 19.4 Å². The summed E-state index contributed by atoms with van der Waals surface area (Å²) >= 11 is 0. The SMILES string of the molecule is C[C@H]([C@H](C)S(C)(=O)=O)N(C)C(=O)NCc1ccc2c(c1)OCO2. The molecule has 2 rings (SSSR count). The van der Waals surface area contributed by atoms with Gasteiger partial charge < -0.3 is 19.7 Å². The molecule has 1 N–H and O–H groups in total. The van der Waals surface area contributed by atoms with Gasteiger partial charge in [-0.1, -0.05) is 6.07 Å². The predicted octanol–water partition coefficient (Wildman–Crippen LogP) is 1.38. The number of sulfone groups is 1. The van der Waals surface area contributed by atoms with Crippen molar-refractivity contribution in [1.82, 2.24) is 10.2 Å². The highest BCUT2D eigenvalue weighted by atomic mass is 32.2. The zero-order valence-corrected chi connectivity index (χ0v) is 14.5. The topological polar surface area (TPSA) is 84.9 Å². The molecule has 0 unspecified atom stereocenters. The minimum absolute atomic E-state index is 0.203. The van der Waals surface area contributed by atoms with E-state index in [1.807, 2.05) is 12.1 Å². The fraction of sp³-hybridized carbons (Fsp3) is 0.533. The summed E-state index contributed by atoms with van der Waals surface area (Å²) in [5, 5.41) is 2.14. The third-order valence-electron chi connectivity index (χ3n) is 4.17. The fourth-order valence-corrected chi connectivity index (χ4v) is 3.11. The Hall–Kier alpha value is -1.96. The van der Waals surface area contributed by atoms with Crippen LogP contribution < -0.4 is 14.8 Å². The molecule has 0 bridgehead atoms. The van der Waals surface area contributed by atoms with Gasteiger partial charge in [0.15, 0.2) is 21.3 Å². The van der Waals surface area contributed by atoms with Crippen LogP contribution in [-0.4, -0.2) is 50.7 Å². The van der Waals surface area contributed by atoms with E-state index in [0.717, 1.165) is 5.56 Å². The van der Waals surface area contributed by atoms with Crippen LogP contribution >= 0.6 is 0 Å². The molecule has 0 saturated carbocycles. The van der Waals surface area contributed by atoms with Gasteiger partial charge in [0, 0.05) is 25.9 Å². The van der Waals surface area contributed by atoms with Gasteiger partial charge in [0.05, 0.1) is 5.25 Å². The molecule has 2 atom stereocenters. The maximum Gasteiger partial charge on any atom is 0.317 e. The normalized spacial score (nSPS) is 15.8. The van der Waals surface area contributed by atoms with Crippen molar-refractivity contribution in [1.29, 1.82) is 0 Å². The van der Waals surface area contributed by atoms with E-state index in [2.05, 4.69) is 5.32 Å². The largest absolute Gasteiger partial charge is 0.454 e. The summed E-state index contributed by atoms with van der Waals surface area (Å²) in [5.41, 5.74) is 0.875. The summed E-state index contributed by atoms with van der Waals surface area (Å²) in [6.07, 6.45) is 1.17. The molecule has 0 radical (unpaired) electrons. The van der Waals surface area contributed by atoms with Crippen molar-refractivity contribution in [3.05, 3.63) is 23.8 Å². The van der Waals surface area contributed by atoms with Gasteiger partial charge in [-0.2, -0.15) is 0 Å². The smallest absolute Gasteiger partial charge is 0.317 e. The first-order valence-electron chi connectivity index (χ1n) is 7.28. The second-order valence-electron chi connectivity index (χ2n) is 5.73. The van der Waals surface area contributed by atoms with Gasteiger partial charge in [-0.25, -0.2) is 13.2 Å². The molecule has 1 aromatic carbocycles. The lowest BCUT2D eigenvalue weighted by atomic mass is 10.2. The molecule has 7 nitrogen and oxygen atoms in total. The number of nitrogens with one attached hydrogen (secondary N) is 1. The van der Waals surface area contributed by atoms with Crippen molar-refractivity contribution in [2.24, 2.45) is 0 Å². The Morgan fingerprint density at radius 1 is 1.30 bits per heavy atom. The third kappa shape index (κ3) is 4.07. The number of fused-ring (bicyclic) bond motifs is 1. The molecule has 0 fully saturated rings. The molecular formula is C15H22N2O5S. The third-order valence-corrected chi connectivity index (χ3v) is 5.91. The monoisotopic (exact) mass is 342 g/mol. The lowest BCUT2D eigenvalue weighted by Gasteiger charge is -2.29. The minimum atomic E-state index is -3.21. The molecule has 0 aliphatic carbocycles. The minimum Gasteiger partial charge on any atom is -0.454 e. The van der Waals surface area contributed by atoms with E-state index in [4.69, 9.17) is 9.47 Å². The lowest BCUT2D eigenvalue weighted by molar-refractivity contribution is 0.174. The first kappa shape index (κ1) is 17.4. The number of carbonyl (C=O) groups is 1. The number of rotatable bonds is 5. The maximum absolute atomic E-state index is 12.2. The Morgan fingerprint density at radius 3 is 2.61 bits per heavy atom. The zero-order chi connectivity index (χ0) is 17.2. The molecule has 0 spiro atoms. The van der Waals surface area contributed by atoms with Crippen molar-refractivity contribution in [2.75, 3.05) is 20.1 Å². The van der Waals surface area contributed by atoms with Gasteiger partial charge in [-0.3, -0.25) is 0 Å². The Balaban J connectivity index is 1.94. The number of hydrogen-bond acceptors (Lipinski definition) is 5. The Kier molecular flexibility index (Phi) is 5.03. The summed E-state index contributed by atoms with van der Waals surface area (Å²) in [4.78, 5) is 13.6. The van der Waals surface area contributed by atoms with Crippen LogP contribution in [0.2, 0.25) is 0 Å². The molecule has 1 aromatic rings. The quantitative estimate of drug-likeness (QED) is 0.874. The highest BCUT2D eigenvalue weighted by Crippen LogP contribution is 2.32. The number of ether oxygens (including phenoxy) is 2. The molecule has 8 heteroatoms. The van der Waals surface area contributed by atoms with Crippen molar-refractivity contribution in [2.45, 2.75) is 31.7 Å². The molecule has 0 aromatic heterocycles. The summed E-state index contributed by atoms with van der Waals surface area (Å²) < 4.78 is 33.7. The fourth-order valence-electron chi connectivity index (χ4n) is 2.21. The van der Waals surface area contributed by atoms with E-state index >= 15 is 0 Å². The molecular weight excluding hydrogens is 320 g/mol. The number of amides is 2. The van der Waals surface area contributed by atoms with E-state index in [-0.39, 0.29) is 12.8 Å². The van der Waals surface area contributed by atoms with E-state index in [1.54, 1.807) is 27.0 Å². The first-order valence-corrected chi connectivity index (χ1v) is 9.23. The summed E-state index contributed by atoms with van der Waals surface area (Å²) in [6.45, 7) is 3.84. The predicted molar refractivity (Wildman–Crippen MR) is 86.3 cm³/mol. The second-order valence-corrected chi connectivity index (χ2v) is 8.14. The summed E-state index contributed by atoms with van der Waals surface area (Å²) in [5.74, 6) is 1.34. The highest BCUT2D eigenvalue weighted by Gasteiger charge is 2.28. The van der Waals surface area contributed by atoms with E-state index in [0.29, 0.717) is 18.0 Å². The van der Waals surface area contributed by atoms with E-state index < -0.39 is 21.1 Å². The molecule has 2 amide bonds. The van der Waals surface area contributed by atoms with Crippen LogP contribution in [0.3, 0.4) is 0 Å². The molecule has 128 valence electrons. The van der Waals surface area contributed by atoms with Crippen molar-refractivity contribution in [3.8, 4) is 11.5 Å². The number of urea groups is 1. The van der Waals surface area contributed by atoms with Crippen LogP contribution in [0.4, 0.5) is 4.79 Å². The Morgan fingerprint density at radius 2 is 1.96 bits per heavy atom. The van der Waals surface area contributed by atoms with Gasteiger partial charge in [-0.05, 0) is 31.5 Å². The Bertz CT molecular complexity index is 689. The standard InChI is InChI=1S/C15H22N2O5S/c1-10(11(2)23(4,19)20)17(3)15(18)16-8-12-5-6-13-14(7-12)22-9-21-13/h5-7,10-11H,8-9H2,1-4H3,(H,16,18)/t10-,11+/m1/s1. The van der Waals surface area contributed by atoms with E-state index in [9.17, 15) is 13.2 Å². The molecule has 23 heavy (non-hydrogen) atoms. The maximum atomic E-state index is 12.2. The van der Waals surface area contributed by atoms with Crippen LogP contribution in [0.15, 0.2) is 18.2 Å². The zero-order valence-electron chi connectivity index (χ0n) is 13.7. The van der Waals surface area contributed by atoms with Crippen molar-refractivity contribution < 1.29 is 22.7 Å². The highest BCUT2D eigenvalue weighted by molar-refractivity contribution is 7.91. The van der Waals surface area contributed by atoms with E-state index in [1.165, 1.54) is 11.2 Å². The summed E-state index contributed by atoms with van der Waals surface area (Å²) in [6, 6.07) is 4.69. The average molecular weight is 342 g/mol. The molecule has 0 saturated heterocycles. The van der Waals surface area contributed by atoms with Gasteiger partial charge in [-0.15, -0.1) is 0 Å². The van der Waals surface area contributed by atoms with Crippen molar-refractivity contribution in [3.63, 3.8) is 0 Å². The number of nitrogens with zero attached hydrogens (tertiary/aromatic N) is 1. The van der Waals surface area contributed by atoms with Crippen molar-refractivity contribution >= 4 is 15.9 Å². The van der Waals surface area contributed by atoms with Gasteiger partial charge in [0.1, 0.15) is 0 Å². The second kappa shape index (κ2) is 6.66. The lowest BCUT2D eigenvalue weighted by Crippen LogP contribution is -2.48. The Labute approximate surface area is 136 Å². The molecule has 1 aliphatic heterocycles. The molecule has 1 aliphatic rings. The van der Waals surface area contributed by atoms with Crippen LogP contribution in [0, 0.1) is 0 Å². The number of carbonyl (C=O) groups excluding carboxylic acids is 1. The number of hydrogen-bond donors (Lipinski definition) is 1.